The second kappa shape index (κ2) is 9.22. The summed E-state index contributed by atoms with van der Waals surface area (Å²) in [6.45, 7) is 6.02. The predicted octanol–water partition coefficient (Wildman–Crippen LogP) is 2.97. The molecule has 6 nitrogen and oxygen atoms in total. The van der Waals surface area contributed by atoms with Crippen LogP contribution >= 0.6 is 0 Å². The standard InChI is InChI=1S/C24H28N4O2/c1-18-24(30)28(22-8-4-3-7-21(22)26-18)17-19-9-11-20(12-10-19)23(29)25-13-16-27-14-5-2-6-15-27/h3-4,7-12H,2,5-6,13-17H2,1H3,(H,25,29). The largest absolute Gasteiger partial charge is 0.351 e. The van der Waals surface area contributed by atoms with Gasteiger partial charge in [-0.3, -0.25) is 9.59 Å². The van der Waals surface area contributed by atoms with Crippen molar-refractivity contribution in [3.05, 3.63) is 75.7 Å². The molecule has 0 radical (unpaired) electrons. The summed E-state index contributed by atoms with van der Waals surface area (Å²) in [5.41, 5.74) is 3.62. The van der Waals surface area contributed by atoms with Crippen molar-refractivity contribution in [3.63, 3.8) is 0 Å². The maximum Gasteiger partial charge on any atom is 0.272 e. The predicted molar refractivity (Wildman–Crippen MR) is 119 cm³/mol. The molecule has 3 aromatic rings. The maximum atomic E-state index is 12.6. The number of benzene rings is 2. The molecule has 6 heteroatoms. The molecule has 1 saturated heterocycles. The third kappa shape index (κ3) is 4.60. The summed E-state index contributed by atoms with van der Waals surface area (Å²) in [4.78, 5) is 31.9. The molecule has 1 aliphatic heterocycles. The molecule has 1 amide bonds. The fourth-order valence-corrected chi connectivity index (χ4v) is 4.03. The Kier molecular flexibility index (Phi) is 6.23. The van der Waals surface area contributed by atoms with Crippen molar-refractivity contribution in [2.45, 2.75) is 32.7 Å². The Morgan fingerprint density at radius 1 is 1.03 bits per heavy atom. The summed E-state index contributed by atoms with van der Waals surface area (Å²) in [7, 11) is 0. The van der Waals surface area contributed by atoms with E-state index in [-0.39, 0.29) is 11.5 Å². The topological polar surface area (TPSA) is 67.2 Å². The highest BCUT2D eigenvalue weighted by atomic mass is 16.1. The van der Waals surface area contributed by atoms with Gasteiger partial charge in [-0.1, -0.05) is 30.7 Å². The lowest BCUT2D eigenvalue weighted by molar-refractivity contribution is 0.0946. The minimum atomic E-state index is -0.0896. The number of hydrogen-bond acceptors (Lipinski definition) is 4. The Labute approximate surface area is 176 Å². The van der Waals surface area contributed by atoms with Crippen molar-refractivity contribution in [3.8, 4) is 0 Å². The number of para-hydroxylation sites is 2. The summed E-state index contributed by atoms with van der Waals surface area (Å²) in [6, 6.07) is 15.1. The molecule has 0 spiro atoms. The van der Waals surface area contributed by atoms with Crippen LogP contribution in [0.3, 0.4) is 0 Å². The van der Waals surface area contributed by atoms with Crippen molar-refractivity contribution in [2.75, 3.05) is 26.2 Å². The fourth-order valence-electron chi connectivity index (χ4n) is 4.03. The molecular formula is C24H28N4O2. The zero-order valence-corrected chi connectivity index (χ0v) is 17.4. The van der Waals surface area contributed by atoms with Gasteiger partial charge >= 0.3 is 0 Å². The monoisotopic (exact) mass is 404 g/mol. The number of aromatic nitrogens is 2. The Bertz CT molecular complexity index is 1080. The van der Waals surface area contributed by atoms with E-state index in [1.165, 1.54) is 19.3 Å². The number of hydrogen-bond donors (Lipinski definition) is 1. The molecule has 4 rings (SSSR count). The minimum absolute atomic E-state index is 0.0547. The average Bonchev–Trinajstić information content (AvgIpc) is 2.78. The number of nitrogens with one attached hydrogen (secondary N) is 1. The molecule has 1 aromatic heterocycles. The summed E-state index contributed by atoms with van der Waals surface area (Å²) >= 11 is 0. The molecule has 2 heterocycles. The van der Waals surface area contributed by atoms with E-state index in [0.29, 0.717) is 24.3 Å². The molecule has 0 atom stereocenters. The number of amides is 1. The number of piperidine rings is 1. The Hall–Kier alpha value is -2.99. The third-order valence-corrected chi connectivity index (χ3v) is 5.73. The molecular weight excluding hydrogens is 376 g/mol. The van der Waals surface area contributed by atoms with Gasteiger partial charge in [-0.15, -0.1) is 0 Å². The smallest absolute Gasteiger partial charge is 0.272 e. The number of aryl methyl sites for hydroxylation is 1. The first-order valence-electron chi connectivity index (χ1n) is 10.7. The summed E-state index contributed by atoms with van der Waals surface area (Å²) in [5, 5.41) is 3.01. The summed E-state index contributed by atoms with van der Waals surface area (Å²) in [6.07, 6.45) is 3.83. The SMILES string of the molecule is Cc1nc2ccccc2n(Cc2ccc(C(=O)NCCN3CCCCC3)cc2)c1=O. The van der Waals surface area contributed by atoms with Gasteiger partial charge in [0.25, 0.3) is 11.5 Å². The maximum absolute atomic E-state index is 12.6. The second-order valence-electron chi connectivity index (χ2n) is 7.93. The van der Waals surface area contributed by atoms with Crippen LogP contribution in [0.5, 0.6) is 0 Å². The number of likely N-dealkylation sites (tertiary alicyclic amines) is 1. The fraction of sp³-hybridized carbons (Fsp3) is 0.375. The van der Waals surface area contributed by atoms with Crippen LogP contribution in [0.15, 0.2) is 53.3 Å². The zero-order valence-electron chi connectivity index (χ0n) is 17.4. The molecule has 1 aliphatic rings. The van der Waals surface area contributed by atoms with Crippen LogP contribution in [0.4, 0.5) is 0 Å². The Morgan fingerprint density at radius 3 is 2.53 bits per heavy atom. The highest BCUT2D eigenvalue weighted by molar-refractivity contribution is 5.94. The first kappa shape index (κ1) is 20.3. The third-order valence-electron chi connectivity index (χ3n) is 5.73. The van der Waals surface area contributed by atoms with E-state index >= 15 is 0 Å². The zero-order chi connectivity index (χ0) is 20.9. The minimum Gasteiger partial charge on any atom is -0.351 e. The van der Waals surface area contributed by atoms with Crippen LogP contribution in [0.25, 0.3) is 11.0 Å². The van der Waals surface area contributed by atoms with Gasteiger partial charge in [0, 0.05) is 18.7 Å². The van der Waals surface area contributed by atoms with Crippen molar-refractivity contribution in [1.29, 1.82) is 0 Å². The first-order chi connectivity index (χ1) is 14.6. The number of rotatable bonds is 6. The van der Waals surface area contributed by atoms with Crippen molar-refractivity contribution in [2.24, 2.45) is 0 Å². The number of fused-ring (bicyclic) bond motifs is 1. The van der Waals surface area contributed by atoms with Crippen molar-refractivity contribution in [1.82, 2.24) is 19.8 Å². The molecule has 0 bridgehead atoms. The molecule has 1 N–H and O–H groups in total. The van der Waals surface area contributed by atoms with Gasteiger partial charge in [-0.05, 0) is 62.7 Å². The van der Waals surface area contributed by atoms with Gasteiger partial charge in [0.05, 0.1) is 17.6 Å². The average molecular weight is 405 g/mol. The quantitative estimate of drug-likeness (QED) is 0.686. The highest BCUT2D eigenvalue weighted by Gasteiger charge is 2.12. The lowest BCUT2D eigenvalue weighted by Gasteiger charge is -2.26. The number of nitrogens with zero attached hydrogens (tertiary/aromatic N) is 3. The van der Waals surface area contributed by atoms with Crippen LogP contribution in [-0.4, -0.2) is 46.5 Å². The van der Waals surface area contributed by atoms with Crippen LogP contribution in [0, 0.1) is 6.92 Å². The van der Waals surface area contributed by atoms with Crippen molar-refractivity contribution < 1.29 is 4.79 Å². The molecule has 1 fully saturated rings. The molecule has 2 aromatic carbocycles. The van der Waals surface area contributed by atoms with Gasteiger partial charge < -0.3 is 14.8 Å². The molecule has 30 heavy (non-hydrogen) atoms. The van der Waals surface area contributed by atoms with E-state index < -0.39 is 0 Å². The van der Waals surface area contributed by atoms with E-state index in [1.54, 1.807) is 11.5 Å². The second-order valence-corrected chi connectivity index (χ2v) is 7.93. The van der Waals surface area contributed by atoms with Crippen LogP contribution in [-0.2, 0) is 6.54 Å². The lowest BCUT2D eigenvalue weighted by Crippen LogP contribution is -2.37. The van der Waals surface area contributed by atoms with Gasteiger partial charge in [-0.2, -0.15) is 0 Å². The van der Waals surface area contributed by atoms with Gasteiger partial charge in [-0.25, -0.2) is 4.98 Å². The van der Waals surface area contributed by atoms with Crippen LogP contribution in [0.1, 0.15) is 40.9 Å². The Balaban J connectivity index is 1.42. The molecule has 0 unspecified atom stereocenters. The molecule has 0 saturated carbocycles. The number of carbonyl (C=O) groups excluding carboxylic acids is 1. The van der Waals surface area contributed by atoms with Gasteiger partial charge in [0.1, 0.15) is 5.69 Å². The van der Waals surface area contributed by atoms with Crippen molar-refractivity contribution >= 4 is 16.9 Å². The van der Waals surface area contributed by atoms with Crippen LogP contribution < -0.4 is 10.9 Å². The van der Waals surface area contributed by atoms with E-state index in [4.69, 9.17) is 0 Å². The Morgan fingerprint density at radius 2 is 1.77 bits per heavy atom. The normalized spacial score (nSPS) is 14.7. The molecule has 156 valence electrons. The van der Waals surface area contributed by atoms with E-state index in [9.17, 15) is 9.59 Å². The molecule has 0 aliphatic carbocycles. The summed E-state index contributed by atoms with van der Waals surface area (Å²) < 4.78 is 1.74. The first-order valence-corrected chi connectivity index (χ1v) is 10.7. The van der Waals surface area contributed by atoms with E-state index in [0.717, 1.165) is 36.2 Å². The lowest BCUT2D eigenvalue weighted by atomic mass is 10.1. The van der Waals surface area contributed by atoms with Gasteiger partial charge in [0.15, 0.2) is 0 Å². The highest BCUT2D eigenvalue weighted by Crippen LogP contribution is 2.13. The van der Waals surface area contributed by atoms with Gasteiger partial charge in [0.2, 0.25) is 0 Å². The van der Waals surface area contributed by atoms with Crippen LogP contribution in [0.2, 0.25) is 0 Å². The summed E-state index contributed by atoms with van der Waals surface area (Å²) in [5.74, 6) is -0.0547. The van der Waals surface area contributed by atoms with E-state index in [1.807, 2.05) is 48.5 Å². The number of carbonyl (C=O) groups is 1. The van der Waals surface area contributed by atoms with E-state index in [2.05, 4.69) is 15.2 Å².